The molecule has 0 atom stereocenters. The van der Waals surface area contributed by atoms with Crippen LogP contribution in [-0.4, -0.2) is 64.8 Å². The van der Waals surface area contributed by atoms with E-state index in [1.165, 1.54) is 22.6 Å². The van der Waals surface area contributed by atoms with Crippen molar-refractivity contribution in [2.45, 2.75) is 77.8 Å². The van der Waals surface area contributed by atoms with E-state index in [0.717, 1.165) is 12.8 Å². The predicted octanol–water partition coefficient (Wildman–Crippen LogP) is 1.34. The molecule has 0 bridgehead atoms. The fraction of sp³-hybridized carbons (Fsp3) is 0.737. The molecule has 2 saturated heterocycles. The third-order valence-electron chi connectivity index (χ3n) is 5.12. The number of carbonyl (C=O) groups excluding carboxylic acids is 5. The van der Waals surface area contributed by atoms with Gasteiger partial charge in [0.25, 0.3) is 11.8 Å². The van der Waals surface area contributed by atoms with Gasteiger partial charge in [-0.2, -0.15) is 0 Å². The van der Waals surface area contributed by atoms with Crippen molar-refractivity contribution in [3.8, 4) is 0 Å². The van der Waals surface area contributed by atoms with Crippen LogP contribution in [-0.2, 0) is 14.4 Å². The molecule has 2 heterocycles. The molecule has 2 aliphatic rings. The molecule has 29 heavy (non-hydrogen) atoms. The maximum Gasteiger partial charge on any atom is 0.324 e. The zero-order chi connectivity index (χ0) is 23.0. The van der Waals surface area contributed by atoms with Crippen LogP contribution in [0, 0.1) is 0 Å². The zero-order valence-electron chi connectivity index (χ0n) is 18.5. The first kappa shape index (κ1) is 26.4. The number of amides is 7. The van der Waals surface area contributed by atoms with Gasteiger partial charge in [-0.15, -0.1) is 0 Å². The van der Waals surface area contributed by atoms with Gasteiger partial charge in [-0.05, 0) is 34.1 Å². The Kier molecular flexibility index (Phi) is 9.79. The van der Waals surface area contributed by atoms with Gasteiger partial charge >= 0.3 is 12.1 Å². The van der Waals surface area contributed by atoms with Crippen LogP contribution in [0.4, 0.5) is 9.59 Å². The number of carbonyl (C=O) groups is 5. The van der Waals surface area contributed by atoms with Crippen LogP contribution in [0.2, 0.25) is 0 Å². The molecule has 0 radical (unpaired) electrons. The van der Waals surface area contributed by atoms with Gasteiger partial charge in [0.05, 0.1) is 0 Å². The zero-order valence-corrected chi connectivity index (χ0v) is 18.5. The molecule has 7 amide bonds. The smallest absolute Gasteiger partial charge is 0.324 e. The summed E-state index contributed by atoms with van der Waals surface area (Å²) in [4.78, 5) is 56.4. The molecular formula is C19H35N5O5. The van der Waals surface area contributed by atoms with Crippen LogP contribution in [0.15, 0.2) is 0 Å². The summed E-state index contributed by atoms with van der Waals surface area (Å²) in [6.07, 6.45) is 5.08. The second kappa shape index (κ2) is 10.8. The van der Waals surface area contributed by atoms with Gasteiger partial charge in [-0.3, -0.25) is 25.0 Å². The summed E-state index contributed by atoms with van der Waals surface area (Å²) in [7, 11) is 3.19. The second-order valence-electron chi connectivity index (χ2n) is 8.03. The standard InChI is InChI=1S/C7H15NO.2C6H10N2O2/c1-2-3-4-5-6-7(8)9;2*1-6(2)4(9)7-5(10)8(6)3/h2-6H2,1H3,(H2,8,9);2*1-3H3,(H,7,9,10). The first-order chi connectivity index (χ1) is 13.2. The molecule has 2 fully saturated rings. The number of hydrogen-bond acceptors (Lipinski definition) is 5. The predicted molar refractivity (Wildman–Crippen MR) is 109 cm³/mol. The number of unbranched alkanes of at least 4 members (excludes halogenated alkanes) is 3. The minimum Gasteiger partial charge on any atom is -0.370 e. The van der Waals surface area contributed by atoms with E-state index in [9.17, 15) is 24.0 Å². The van der Waals surface area contributed by atoms with Crippen LogP contribution in [0.1, 0.15) is 66.7 Å². The molecule has 0 aromatic rings. The Hall–Kier alpha value is -2.65. The van der Waals surface area contributed by atoms with Crippen molar-refractivity contribution < 1.29 is 24.0 Å². The van der Waals surface area contributed by atoms with E-state index in [1.807, 2.05) is 0 Å². The fourth-order valence-electron chi connectivity index (χ4n) is 2.21. The molecule has 2 aliphatic heterocycles. The third kappa shape index (κ3) is 7.35. The minimum absolute atomic E-state index is 0.175. The van der Waals surface area contributed by atoms with E-state index in [0.29, 0.717) is 6.42 Å². The van der Waals surface area contributed by atoms with Gasteiger partial charge in [0, 0.05) is 20.5 Å². The van der Waals surface area contributed by atoms with Gasteiger partial charge in [0.15, 0.2) is 0 Å². The first-order valence-corrected chi connectivity index (χ1v) is 9.66. The van der Waals surface area contributed by atoms with E-state index < -0.39 is 11.1 Å². The lowest BCUT2D eigenvalue weighted by Crippen LogP contribution is -2.41. The highest BCUT2D eigenvalue weighted by atomic mass is 16.2. The van der Waals surface area contributed by atoms with E-state index >= 15 is 0 Å². The number of primary amides is 1. The summed E-state index contributed by atoms with van der Waals surface area (Å²) in [5.41, 5.74) is 3.57. The highest BCUT2D eigenvalue weighted by Gasteiger charge is 2.43. The van der Waals surface area contributed by atoms with E-state index in [2.05, 4.69) is 17.6 Å². The summed E-state index contributed by atoms with van der Waals surface area (Å²) in [5, 5.41) is 4.41. The van der Waals surface area contributed by atoms with Gasteiger partial charge in [0.1, 0.15) is 11.1 Å². The third-order valence-corrected chi connectivity index (χ3v) is 5.12. The average Bonchev–Trinajstić information content (AvgIpc) is 2.91. The average molecular weight is 414 g/mol. The van der Waals surface area contributed by atoms with Crippen LogP contribution < -0.4 is 16.4 Å². The van der Waals surface area contributed by atoms with Crippen molar-refractivity contribution in [2.24, 2.45) is 5.73 Å². The summed E-state index contributed by atoms with van der Waals surface area (Å²) in [6, 6.07) is -0.648. The van der Waals surface area contributed by atoms with Gasteiger partial charge in [-0.1, -0.05) is 26.2 Å². The molecule has 0 saturated carbocycles. The van der Waals surface area contributed by atoms with Crippen molar-refractivity contribution in [1.82, 2.24) is 20.4 Å². The number of imide groups is 2. The van der Waals surface area contributed by atoms with Gasteiger partial charge < -0.3 is 15.5 Å². The number of hydrogen-bond donors (Lipinski definition) is 3. The summed E-state index contributed by atoms with van der Waals surface area (Å²) in [6.45, 7) is 8.95. The maximum absolute atomic E-state index is 10.9. The second-order valence-corrected chi connectivity index (χ2v) is 8.03. The lowest BCUT2D eigenvalue weighted by atomic mass is 10.1. The molecule has 166 valence electrons. The van der Waals surface area contributed by atoms with Crippen LogP contribution >= 0.6 is 0 Å². The molecule has 10 nitrogen and oxygen atoms in total. The topological polar surface area (TPSA) is 142 Å². The molecule has 10 heteroatoms. The Morgan fingerprint density at radius 2 is 1.21 bits per heavy atom. The molecule has 0 unspecified atom stereocenters. The lowest BCUT2D eigenvalue weighted by Gasteiger charge is -2.22. The molecule has 0 spiro atoms. The Bertz CT molecular complexity index is 601. The Morgan fingerprint density at radius 1 is 0.828 bits per heavy atom. The number of urea groups is 2. The Morgan fingerprint density at radius 3 is 1.38 bits per heavy atom. The fourth-order valence-corrected chi connectivity index (χ4v) is 2.21. The highest BCUT2D eigenvalue weighted by Crippen LogP contribution is 2.18. The van der Waals surface area contributed by atoms with Crippen molar-refractivity contribution in [2.75, 3.05) is 14.1 Å². The molecule has 0 aliphatic carbocycles. The largest absolute Gasteiger partial charge is 0.370 e. The van der Waals surface area contributed by atoms with Crippen molar-refractivity contribution >= 4 is 29.8 Å². The van der Waals surface area contributed by atoms with Crippen LogP contribution in [0.5, 0.6) is 0 Å². The normalized spacial score (nSPS) is 19.0. The molecule has 2 rings (SSSR count). The molecule has 4 N–H and O–H groups in total. The number of likely N-dealkylation sites (N-methyl/N-ethyl adjacent to an activating group) is 2. The molecule has 0 aromatic heterocycles. The van der Waals surface area contributed by atoms with E-state index in [1.54, 1.807) is 41.8 Å². The Labute approximate surface area is 172 Å². The minimum atomic E-state index is -0.683. The van der Waals surface area contributed by atoms with Crippen LogP contribution in [0.3, 0.4) is 0 Å². The van der Waals surface area contributed by atoms with Crippen LogP contribution in [0.25, 0.3) is 0 Å². The number of nitrogens with one attached hydrogen (secondary N) is 2. The SMILES string of the molecule is CCCCCCC(N)=O.CN1C(=O)NC(=O)C1(C)C.CN1C(=O)NC(=O)C1(C)C. The van der Waals surface area contributed by atoms with Crippen molar-refractivity contribution in [3.05, 3.63) is 0 Å². The quantitative estimate of drug-likeness (QED) is 0.460. The van der Waals surface area contributed by atoms with Gasteiger partial charge in [-0.25, -0.2) is 9.59 Å². The summed E-state index contributed by atoms with van der Waals surface area (Å²) in [5.74, 6) is -0.647. The highest BCUT2D eigenvalue weighted by molar-refractivity contribution is 6.06. The number of nitrogens with zero attached hydrogens (tertiary/aromatic N) is 2. The number of rotatable bonds is 5. The number of nitrogens with two attached hydrogens (primary N) is 1. The molecular weight excluding hydrogens is 378 g/mol. The maximum atomic E-state index is 10.9. The Balaban J connectivity index is 0.000000407. The lowest BCUT2D eigenvalue weighted by molar-refractivity contribution is -0.125. The summed E-state index contributed by atoms with van der Waals surface area (Å²) < 4.78 is 0. The van der Waals surface area contributed by atoms with E-state index in [4.69, 9.17) is 5.73 Å². The van der Waals surface area contributed by atoms with E-state index in [-0.39, 0.29) is 29.8 Å². The summed E-state index contributed by atoms with van der Waals surface area (Å²) >= 11 is 0. The monoisotopic (exact) mass is 413 g/mol. The first-order valence-electron chi connectivity index (χ1n) is 9.66. The van der Waals surface area contributed by atoms with Crippen molar-refractivity contribution in [1.29, 1.82) is 0 Å². The van der Waals surface area contributed by atoms with Crippen molar-refractivity contribution in [3.63, 3.8) is 0 Å². The molecule has 0 aromatic carbocycles. The van der Waals surface area contributed by atoms with Gasteiger partial charge in [0.2, 0.25) is 5.91 Å².